The maximum absolute atomic E-state index is 14.6. The van der Waals surface area contributed by atoms with Gasteiger partial charge in [0, 0.05) is 54.1 Å². The number of ether oxygens (including phenoxy) is 1. The lowest BCUT2D eigenvalue weighted by molar-refractivity contribution is -0.139. The van der Waals surface area contributed by atoms with E-state index >= 15 is 0 Å². The summed E-state index contributed by atoms with van der Waals surface area (Å²) in [4.78, 5) is 39.7. The van der Waals surface area contributed by atoms with Gasteiger partial charge >= 0.3 is 11.9 Å². The van der Waals surface area contributed by atoms with Crippen LogP contribution in [-0.2, 0) is 9.53 Å². The lowest BCUT2D eigenvalue weighted by atomic mass is 9.85. The van der Waals surface area contributed by atoms with Gasteiger partial charge < -0.3 is 25.2 Å². The first-order valence-electron chi connectivity index (χ1n) is 12.7. The molecule has 0 amide bonds. The Morgan fingerprint density at radius 3 is 2.63 bits per heavy atom. The minimum atomic E-state index is -1.28. The molecule has 0 bridgehead atoms. The van der Waals surface area contributed by atoms with Gasteiger partial charge in [-0.15, -0.1) is 11.3 Å². The van der Waals surface area contributed by atoms with Crippen LogP contribution in [0.4, 0.5) is 14.6 Å². The van der Waals surface area contributed by atoms with Crippen molar-refractivity contribution in [2.24, 2.45) is 10.9 Å². The molecule has 2 aromatic heterocycles. The third-order valence-corrected chi connectivity index (χ3v) is 8.05. The van der Waals surface area contributed by atoms with Gasteiger partial charge in [-0.25, -0.2) is 28.3 Å². The van der Waals surface area contributed by atoms with Gasteiger partial charge in [0.15, 0.2) is 22.5 Å². The molecule has 1 unspecified atom stereocenters. The van der Waals surface area contributed by atoms with Crippen LogP contribution in [0.25, 0.3) is 0 Å². The molecular weight excluding hydrogens is 580 g/mol. The summed E-state index contributed by atoms with van der Waals surface area (Å²) < 4.78 is 33.9. The normalized spacial score (nSPS) is 17.7. The zero-order chi connectivity index (χ0) is 29.3. The van der Waals surface area contributed by atoms with Crippen LogP contribution < -0.4 is 10.2 Å². The highest BCUT2D eigenvalue weighted by Crippen LogP contribution is 2.41. The highest BCUT2D eigenvalue weighted by molar-refractivity contribution is 7.11. The number of halogens is 3. The highest BCUT2D eigenvalue weighted by Gasteiger charge is 2.38. The molecule has 1 saturated heterocycles. The van der Waals surface area contributed by atoms with E-state index in [4.69, 9.17) is 21.4 Å². The fraction of sp³-hybridized carbons (Fsp3) is 0.296. The molecule has 0 saturated carbocycles. The van der Waals surface area contributed by atoms with E-state index in [0.717, 1.165) is 12.3 Å². The van der Waals surface area contributed by atoms with Gasteiger partial charge in [0.2, 0.25) is 0 Å². The topological polar surface area (TPSA) is 137 Å². The van der Waals surface area contributed by atoms with Crippen molar-refractivity contribution in [1.29, 1.82) is 0 Å². The lowest BCUT2D eigenvalue weighted by Crippen LogP contribution is -2.41. The molecule has 3 N–H and O–H groups in total. The van der Waals surface area contributed by atoms with E-state index in [2.05, 4.69) is 20.3 Å². The number of hydrogen-bond acceptors (Lipinski definition) is 10. The number of carboxylic acid groups (broad SMARTS) is 1. The average molecular weight is 604 g/mol. The molecule has 3 aromatic rings. The first-order valence-corrected chi connectivity index (χ1v) is 13.9. The summed E-state index contributed by atoms with van der Waals surface area (Å²) in [6, 6.07) is 2.46. The van der Waals surface area contributed by atoms with Crippen LogP contribution in [0, 0.1) is 17.6 Å². The van der Waals surface area contributed by atoms with Crippen LogP contribution in [0.1, 0.15) is 46.7 Å². The molecule has 5 rings (SSSR count). The number of aromatic carboxylic acids is 1. The van der Waals surface area contributed by atoms with Crippen molar-refractivity contribution in [3.05, 3.63) is 80.0 Å². The number of aromatic nitrogens is 2. The smallest absolute Gasteiger partial charge is 0.341 e. The molecule has 0 aliphatic carbocycles. The summed E-state index contributed by atoms with van der Waals surface area (Å²) in [6.07, 6.45) is 3.76. The van der Waals surface area contributed by atoms with Crippen LogP contribution in [0.2, 0.25) is 5.02 Å². The number of aromatic hydroxyl groups is 1. The molecule has 4 heterocycles. The maximum Gasteiger partial charge on any atom is 0.341 e. The number of benzene rings is 1. The molecule has 1 atom stereocenters. The van der Waals surface area contributed by atoms with Crippen LogP contribution in [0.3, 0.4) is 0 Å². The summed E-state index contributed by atoms with van der Waals surface area (Å²) in [5, 5.41) is 24.4. The minimum Gasteiger partial charge on any atom is -0.507 e. The van der Waals surface area contributed by atoms with Gasteiger partial charge in [0.1, 0.15) is 23.2 Å². The van der Waals surface area contributed by atoms with Gasteiger partial charge in [-0.05, 0) is 25.8 Å². The Morgan fingerprint density at radius 1 is 1.24 bits per heavy atom. The summed E-state index contributed by atoms with van der Waals surface area (Å²) in [5.74, 6) is -4.14. The predicted molar refractivity (Wildman–Crippen MR) is 147 cm³/mol. The van der Waals surface area contributed by atoms with Gasteiger partial charge in [-0.2, -0.15) is 0 Å². The molecule has 14 heteroatoms. The zero-order valence-corrected chi connectivity index (χ0v) is 23.2. The van der Waals surface area contributed by atoms with Crippen LogP contribution in [0.15, 0.2) is 52.2 Å². The van der Waals surface area contributed by atoms with Crippen molar-refractivity contribution >= 4 is 46.5 Å². The molecule has 2 aliphatic heterocycles. The van der Waals surface area contributed by atoms with Crippen molar-refractivity contribution in [2.75, 3.05) is 24.6 Å². The molecule has 1 fully saturated rings. The lowest BCUT2D eigenvalue weighted by Gasteiger charge is -2.37. The van der Waals surface area contributed by atoms with Gasteiger partial charge in [0.25, 0.3) is 0 Å². The summed E-state index contributed by atoms with van der Waals surface area (Å²) in [5.41, 5.74) is 0.471. The monoisotopic (exact) mass is 603 g/mol. The number of anilines is 1. The number of allylic oxidation sites excluding steroid dienone is 1. The van der Waals surface area contributed by atoms with Crippen LogP contribution in [0.5, 0.6) is 5.75 Å². The first kappa shape index (κ1) is 28.4. The molecular formula is C27H24ClF2N5O5S. The molecule has 10 nitrogen and oxygen atoms in total. The average Bonchev–Trinajstić information content (AvgIpc) is 3.51. The second kappa shape index (κ2) is 11.8. The number of nitrogens with one attached hydrogen (secondary N) is 1. The SMILES string of the molecule is CCOC(=O)C1=C(C2CCN(c3cc(O)c(C(=O)O)cn3)CC2)NC(c2nccs2)=NC1c1ccc(F)c(F)c1Cl. The number of carbonyl (C=O) groups excluding carboxylic acids is 1. The number of thiazole rings is 1. The number of esters is 1. The van der Waals surface area contributed by atoms with E-state index < -0.39 is 34.6 Å². The third kappa shape index (κ3) is 5.59. The van der Waals surface area contributed by atoms with E-state index in [1.807, 2.05) is 4.90 Å². The van der Waals surface area contributed by atoms with Crippen molar-refractivity contribution in [3.63, 3.8) is 0 Å². The molecule has 0 radical (unpaired) electrons. The van der Waals surface area contributed by atoms with Crippen molar-refractivity contribution in [1.82, 2.24) is 15.3 Å². The molecule has 1 aromatic carbocycles. The standard InChI is InChI=1S/C27H24ClF2N5O5S/c1-2-40-27(39)19-22(13-5-8-35(9-6-13)18-11-17(36)15(12-32-18)26(37)38)33-24(25-31-7-10-41-25)34-23(19)14-3-4-16(29)21(30)20(14)28/h3-4,7,10-13,23H,2,5-6,8-9H2,1H3,(H,32,36)(H,33,34)(H,37,38). The molecule has 41 heavy (non-hydrogen) atoms. The van der Waals surface area contributed by atoms with E-state index in [-0.39, 0.29) is 35.0 Å². The van der Waals surface area contributed by atoms with Gasteiger partial charge in [-0.1, -0.05) is 17.7 Å². The van der Waals surface area contributed by atoms with Crippen molar-refractivity contribution < 1.29 is 33.3 Å². The first-order chi connectivity index (χ1) is 19.7. The fourth-order valence-corrected chi connectivity index (χ4v) is 5.76. The quantitative estimate of drug-likeness (QED) is 0.259. The van der Waals surface area contributed by atoms with Crippen LogP contribution >= 0.6 is 22.9 Å². The summed E-state index contributed by atoms with van der Waals surface area (Å²) in [7, 11) is 0. The Balaban J connectivity index is 1.53. The van der Waals surface area contributed by atoms with Gasteiger partial charge in [0.05, 0.1) is 17.2 Å². The van der Waals surface area contributed by atoms with E-state index in [1.165, 1.54) is 23.5 Å². The highest BCUT2D eigenvalue weighted by atomic mass is 35.5. The predicted octanol–water partition coefficient (Wildman–Crippen LogP) is 4.70. The number of amidine groups is 1. The number of nitrogens with zero attached hydrogens (tertiary/aromatic N) is 4. The largest absolute Gasteiger partial charge is 0.507 e. The van der Waals surface area contributed by atoms with E-state index in [9.17, 15) is 23.5 Å². The summed E-state index contributed by atoms with van der Waals surface area (Å²) >= 11 is 7.57. The Morgan fingerprint density at radius 2 is 2.00 bits per heavy atom. The van der Waals surface area contributed by atoms with E-state index in [0.29, 0.717) is 48.3 Å². The number of piperidine rings is 1. The number of rotatable bonds is 7. The molecule has 0 spiro atoms. The Labute approximate surface area is 242 Å². The number of carboxylic acids is 1. The number of carbonyl (C=O) groups is 2. The number of pyridine rings is 1. The Bertz CT molecular complexity index is 1560. The van der Waals surface area contributed by atoms with Crippen molar-refractivity contribution in [2.45, 2.75) is 25.8 Å². The summed E-state index contributed by atoms with van der Waals surface area (Å²) in [6.45, 7) is 2.67. The Kier molecular flexibility index (Phi) is 8.18. The maximum atomic E-state index is 14.6. The number of hydrogen-bond donors (Lipinski definition) is 3. The van der Waals surface area contributed by atoms with E-state index in [1.54, 1.807) is 18.5 Å². The molecule has 2 aliphatic rings. The third-order valence-electron chi connectivity index (χ3n) is 6.89. The molecule has 214 valence electrons. The van der Waals surface area contributed by atoms with Crippen LogP contribution in [-0.4, -0.2) is 57.7 Å². The van der Waals surface area contributed by atoms with Crippen molar-refractivity contribution in [3.8, 4) is 5.75 Å². The van der Waals surface area contributed by atoms with Gasteiger partial charge in [-0.3, -0.25) is 4.99 Å². The fourth-order valence-electron chi connectivity index (χ4n) is 4.92. The minimum absolute atomic E-state index is 0.0802. The zero-order valence-electron chi connectivity index (χ0n) is 21.6. The second-order valence-electron chi connectivity index (χ2n) is 9.28. The Hall–Kier alpha value is -4.10. The number of aliphatic imine (C=N–C) groups is 1. The second-order valence-corrected chi connectivity index (χ2v) is 10.6.